The molecule has 0 aromatic carbocycles. The molecule has 14 heteroatoms. The smallest absolute Gasteiger partial charge is 0.187 e. The van der Waals surface area contributed by atoms with Crippen LogP contribution in [0.15, 0.2) is 12.2 Å². The van der Waals surface area contributed by atoms with Gasteiger partial charge in [0.1, 0.15) is 36.6 Å². The molecule has 0 aromatic rings. The van der Waals surface area contributed by atoms with Gasteiger partial charge in [-0.05, 0) is 73.5 Å². The molecule has 2 heterocycles. The largest absolute Gasteiger partial charge is 0.393 e. The van der Waals surface area contributed by atoms with Crippen molar-refractivity contribution in [2.45, 2.75) is 158 Å². The van der Waals surface area contributed by atoms with Crippen molar-refractivity contribution in [3.05, 3.63) is 12.2 Å². The molecule has 0 spiro atoms. The van der Waals surface area contributed by atoms with E-state index in [1.54, 1.807) is 0 Å². The number of aliphatic hydroxyl groups is 9. The lowest BCUT2D eigenvalue weighted by Gasteiger charge is -2.66. The highest BCUT2D eigenvalue weighted by atomic mass is 16.8. The summed E-state index contributed by atoms with van der Waals surface area (Å²) in [7, 11) is 1.34. The normalized spacial score (nSPS) is 52.6. The second kappa shape index (κ2) is 15.8. The van der Waals surface area contributed by atoms with Gasteiger partial charge in [-0.1, -0.05) is 39.8 Å². The standard InChI is InChI=1S/C39H66O14/c1-18(20(3)15-50-35-33(31(47)26(44)16-51-35)53-36-32(49-6)30(46)25(43)17-52-36)7-8-19(2)21-13-23(41)34-37(21,4)12-10-27-38(5)11-9-22(40)29(45)28(38)24(42)14-39(27,34)48/h19-36,40-48H,1,7-17H2,2-6H3/t19-,20?,21-,22+,23-,24+,25-,26-,27?,28?,29+,30+,31+,32-,33-,34?,35-,36+,37-,38-,39+/m1/s1. The van der Waals surface area contributed by atoms with E-state index < -0.39 is 96.5 Å². The average molecular weight is 759 g/mol. The Kier molecular flexibility index (Phi) is 12.5. The van der Waals surface area contributed by atoms with Crippen LogP contribution in [0.2, 0.25) is 0 Å². The highest BCUT2D eigenvalue weighted by Crippen LogP contribution is 2.69. The number of ether oxygens (including phenoxy) is 5. The van der Waals surface area contributed by atoms with E-state index in [2.05, 4.69) is 20.4 Å². The van der Waals surface area contributed by atoms with Gasteiger partial charge < -0.3 is 69.6 Å². The maximum Gasteiger partial charge on any atom is 0.187 e. The Hall–Kier alpha value is -0.820. The van der Waals surface area contributed by atoms with Crippen molar-refractivity contribution in [3.63, 3.8) is 0 Å². The van der Waals surface area contributed by atoms with Crippen LogP contribution in [0, 0.1) is 46.3 Å². The summed E-state index contributed by atoms with van der Waals surface area (Å²) in [6.07, 6.45) is -8.46. The zero-order valence-electron chi connectivity index (χ0n) is 31.9. The Bertz CT molecular complexity index is 1270. The topological polar surface area (TPSA) is 228 Å². The molecule has 4 unspecified atom stereocenters. The van der Waals surface area contributed by atoms with Crippen LogP contribution in [0.5, 0.6) is 0 Å². The first kappa shape index (κ1) is 41.8. The summed E-state index contributed by atoms with van der Waals surface area (Å²) in [5.74, 6) is -0.926. The minimum absolute atomic E-state index is 0.0761. The van der Waals surface area contributed by atoms with Gasteiger partial charge in [0.05, 0.1) is 49.8 Å². The molecule has 0 amide bonds. The maximum absolute atomic E-state index is 12.6. The third-order valence-corrected chi connectivity index (χ3v) is 15.0. The SMILES string of the molecule is C=C(CC[C@@H](C)[C@H]1C[C@@H](O)C2[C@]3(O)C[C@H](O)C4[C@@H](O)[C@@H](O)CC[C@]4(C)C3CC[C@@]21C)C(C)CO[C@@H]1OC[C@@H](O)[C@H](O)[C@H]1O[C@@H]1OC[C@@H](O)[C@H](O)[C@H]1OC. The molecule has 53 heavy (non-hydrogen) atoms. The van der Waals surface area contributed by atoms with Gasteiger partial charge >= 0.3 is 0 Å². The maximum atomic E-state index is 12.6. The highest BCUT2D eigenvalue weighted by Gasteiger charge is 2.71. The Labute approximate surface area is 313 Å². The second-order valence-electron chi connectivity index (χ2n) is 18.1. The van der Waals surface area contributed by atoms with Crippen molar-refractivity contribution in [1.29, 1.82) is 0 Å². The lowest BCUT2D eigenvalue weighted by molar-refractivity contribution is -0.346. The van der Waals surface area contributed by atoms with E-state index in [4.69, 9.17) is 23.7 Å². The summed E-state index contributed by atoms with van der Waals surface area (Å²) in [4.78, 5) is 0. The van der Waals surface area contributed by atoms with Gasteiger partial charge in [0.15, 0.2) is 12.6 Å². The van der Waals surface area contributed by atoms with Gasteiger partial charge in [-0.25, -0.2) is 0 Å². The number of fused-ring (bicyclic) bond motifs is 5. The highest BCUT2D eigenvalue weighted by molar-refractivity contribution is 5.21. The predicted molar refractivity (Wildman–Crippen MR) is 189 cm³/mol. The Morgan fingerprint density at radius 2 is 1.42 bits per heavy atom. The molecule has 6 fully saturated rings. The number of hydrogen-bond acceptors (Lipinski definition) is 14. The Balaban J connectivity index is 1.05. The van der Waals surface area contributed by atoms with Gasteiger partial charge in [0, 0.05) is 31.3 Å². The number of hydrogen-bond donors (Lipinski definition) is 9. The second-order valence-corrected chi connectivity index (χ2v) is 18.1. The van der Waals surface area contributed by atoms with Gasteiger partial charge in [-0.15, -0.1) is 0 Å². The Morgan fingerprint density at radius 3 is 2.08 bits per heavy atom. The van der Waals surface area contributed by atoms with E-state index >= 15 is 0 Å². The molecular formula is C39H66O14. The van der Waals surface area contributed by atoms with Gasteiger partial charge in [0.25, 0.3) is 0 Å². The van der Waals surface area contributed by atoms with Crippen molar-refractivity contribution in [2.75, 3.05) is 26.9 Å². The van der Waals surface area contributed by atoms with E-state index in [0.717, 1.165) is 24.8 Å². The summed E-state index contributed by atoms with van der Waals surface area (Å²) >= 11 is 0. The number of aliphatic hydroxyl groups excluding tert-OH is 8. The molecule has 21 atom stereocenters. The fourth-order valence-electron chi connectivity index (χ4n) is 12.1. The minimum Gasteiger partial charge on any atom is -0.393 e. The first-order valence-corrected chi connectivity index (χ1v) is 19.8. The molecule has 4 aliphatic carbocycles. The van der Waals surface area contributed by atoms with Crippen molar-refractivity contribution in [2.24, 2.45) is 46.3 Å². The molecule has 0 bridgehead atoms. The summed E-state index contributed by atoms with van der Waals surface area (Å²) in [6, 6.07) is 0. The summed E-state index contributed by atoms with van der Waals surface area (Å²) in [5, 5.41) is 98.5. The first-order valence-electron chi connectivity index (χ1n) is 19.8. The van der Waals surface area contributed by atoms with Crippen LogP contribution in [0.4, 0.5) is 0 Å². The summed E-state index contributed by atoms with van der Waals surface area (Å²) < 4.78 is 28.6. The van der Waals surface area contributed by atoms with Gasteiger partial charge in [0.2, 0.25) is 0 Å². The molecule has 2 saturated heterocycles. The molecule has 6 rings (SSSR count). The van der Waals surface area contributed by atoms with Crippen molar-refractivity contribution < 1.29 is 69.6 Å². The third-order valence-electron chi connectivity index (χ3n) is 15.0. The van der Waals surface area contributed by atoms with E-state index in [9.17, 15) is 46.0 Å². The lowest BCUT2D eigenvalue weighted by Crippen LogP contribution is -2.70. The van der Waals surface area contributed by atoms with Crippen molar-refractivity contribution in [1.82, 2.24) is 0 Å². The van der Waals surface area contributed by atoms with E-state index in [-0.39, 0.29) is 55.3 Å². The molecule has 14 nitrogen and oxygen atoms in total. The quantitative estimate of drug-likeness (QED) is 0.129. The van der Waals surface area contributed by atoms with Gasteiger partial charge in [-0.2, -0.15) is 0 Å². The predicted octanol–water partition coefficient (Wildman–Crippen LogP) is 0.215. The van der Waals surface area contributed by atoms with Crippen molar-refractivity contribution >= 4 is 0 Å². The Morgan fingerprint density at radius 1 is 0.792 bits per heavy atom. The monoisotopic (exact) mass is 758 g/mol. The first-order chi connectivity index (χ1) is 24.9. The number of methoxy groups -OCH3 is 1. The van der Waals surface area contributed by atoms with Crippen LogP contribution in [-0.4, -0.2) is 152 Å². The zero-order valence-corrected chi connectivity index (χ0v) is 31.9. The van der Waals surface area contributed by atoms with Crippen molar-refractivity contribution in [3.8, 4) is 0 Å². The van der Waals surface area contributed by atoms with E-state index in [1.165, 1.54) is 7.11 Å². The van der Waals surface area contributed by atoms with Crippen LogP contribution in [0.1, 0.15) is 79.1 Å². The molecule has 2 aliphatic heterocycles. The van der Waals surface area contributed by atoms with E-state index in [1.807, 2.05) is 13.8 Å². The van der Waals surface area contributed by atoms with Gasteiger partial charge in [-0.3, -0.25) is 0 Å². The van der Waals surface area contributed by atoms with Crippen LogP contribution < -0.4 is 0 Å². The fourth-order valence-corrected chi connectivity index (χ4v) is 12.1. The molecular weight excluding hydrogens is 692 g/mol. The third kappa shape index (κ3) is 7.30. The van der Waals surface area contributed by atoms with E-state index in [0.29, 0.717) is 25.7 Å². The van der Waals surface area contributed by atoms with Crippen LogP contribution in [0.25, 0.3) is 0 Å². The number of rotatable bonds is 11. The zero-order chi connectivity index (χ0) is 38.8. The molecule has 4 saturated carbocycles. The molecule has 0 aromatic heterocycles. The lowest BCUT2D eigenvalue weighted by atomic mass is 9.41. The fraction of sp³-hybridized carbons (Fsp3) is 0.949. The average Bonchev–Trinajstić information content (AvgIpc) is 3.39. The molecule has 306 valence electrons. The summed E-state index contributed by atoms with van der Waals surface area (Å²) in [6.45, 7) is 12.6. The van der Waals surface area contributed by atoms with Crippen LogP contribution in [0.3, 0.4) is 0 Å². The molecule has 6 aliphatic rings. The molecule has 9 N–H and O–H groups in total. The summed E-state index contributed by atoms with van der Waals surface area (Å²) in [5.41, 5.74) is -1.25. The van der Waals surface area contributed by atoms with Crippen LogP contribution in [-0.2, 0) is 23.7 Å². The minimum atomic E-state index is -1.37. The molecule has 0 radical (unpaired) electrons. The van der Waals surface area contributed by atoms with Crippen LogP contribution >= 0.6 is 0 Å².